The van der Waals surface area contributed by atoms with Gasteiger partial charge in [-0.1, -0.05) is 79.9 Å². The quantitative estimate of drug-likeness (QED) is 0.720. The van der Waals surface area contributed by atoms with Crippen molar-refractivity contribution in [3.8, 4) is 0 Å². The fourth-order valence-corrected chi connectivity index (χ4v) is 4.12. The molecule has 4 rings (SSSR count). The molecular formula is C23H25NO3. The van der Waals surface area contributed by atoms with Crippen molar-refractivity contribution in [3.63, 3.8) is 0 Å². The van der Waals surface area contributed by atoms with E-state index in [1.54, 1.807) is 0 Å². The number of imide groups is 1. The number of carbonyl (C=O) groups is 2. The lowest BCUT2D eigenvalue weighted by Gasteiger charge is -2.30. The predicted octanol–water partition coefficient (Wildman–Crippen LogP) is 5.07. The van der Waals surface area contributed by atoms with Crippen molar-refractivity contribution in [2.75, 3.05) is 6.61 Å². The van der Waals surface area contributed by atoms with Crippen LogP contribution in [0, 0.1) is 5.92 Å². The zero-order valence-corrected chi connectivity index (χ0v) is 15.4. The molecular weight excluding hydrogens is 338 g/mol. The van der Waals surface area contributed by atoms with Gasteiger partial charge in [0.1, 0.15) is 12.6 Å². The molecule has 0 unspecified atom stereocenters. The number of cyclic esters (lactones) is 1. The van der Waals surface area contributed by atoms with Crippen LogP contribution in [0.25, 0.3) is 0 Å². The van der Waals surface area contributed by atoms with Gasteiger partial charge >= 0.3 is 6.09 Å². The number of carbonyl (C=O) groups excluding carboxylic acids is 2. The lowest BCUT2D eigenvalue weighted by Crippen LogP contribution is -2.35. The minimum Gasteiger partial charge on any atom is -0.446 e. The normalized spacial score (nSPS) is 20.8. The van der Waals surface area contributed by atoms with Gasteiger partial charge in [-0.2, -0.15) is 0 Å². The summed E-state index contributed by atoms with van der Waals surface area (Å²) in [6.45, 7) is 0.229. The standard InChI is InChI=1S/C23H25NO3/c25-22(24-21(16-27-23(24)26)19-12-5-2-6-13-19)15-20(14-17-8-7-9-17)18-10-3-1-4-11-18/h1-6,10-13,17,20-21H,7-9,14-16H2/t20-,21+/m0/s1. The van der Waals surface area contributed by atoms with E-state index in [2.05, 4.69) is 12.1 Å². The third-order valence-electron chi connectivity index (χ3n) is 5.86. The van der Waals surface area contributed by atoms with Crippen molar-refractivity contribution in [3.05, 3.63) is 71.8 Å². The van der Waals surface area contributed by atoms with Gasteiger partial charge in [-0.3, -0.25) is 4.79 Å². The molecule has 2 atom stereocenters. The minimum atomic E-state index is -0.524. The van der Waals surface area contributed by atoms with E-state index >= 15 is 0 Å². The molecule has 1 saturated heterocycles. The van der Waals surface area contributed by atoms with Crippen LogP contribution in [0.5, 0.6) is 0 Å². The number of hydrogen-bond donors (Lipinski definition) is 0. The van der Waals surface area contributed by atoms with Crippen LogP contribution in [0.2, 0.25) is 0 Å². The maximum absolute atomic E-state index is 13.1. The molecule has 2 fully saturated rings. The summed E-state index contributed by atoms with van der Waals surface area (Å²) in [7, 11) is 0. The van der Waals surface area contributed by atoms with Gasteiger partial charge in [-0.05, 0) is 29.4 Å². The van der Waals surface area contributed by atoms with Crippen LogP contribution in [0.3, 0.4) is 0 Å². The van der Waals surface area contributed by atoms with E-state index in [4.69, 9.17) is 4.74 Å². The van der Waals surface area contributed by atoms with Crippen molar-refractivity contribution in [2.24, 2.45) is 5.92 Å². The Morgan fingerprint density at radius 3 is 2.33 bits per heavy atom. The number of nitrogens with zero attached hydrogens (tertiary/aromatic N) is 1. The maximum atomic E-state index is 13.1. The maximum Gasteiger partial charge on any atom is 0.417 e. The Kier molecular flexibility index (Phi) is 5.23. The van der Waals surface area contributed by atoms with Gasteiger partial charge in [0.15, 0.2) is 0 Å². The van der Waals surface area contributed by atoms with E-state index < -0.39 is 6.09 Å². The molecule has 2 aromatic rings. The summed E-state index contributed by atoms with van der Waals surface area (Å²) in [6, 6.07) is 19.5. The van der Waals surface area contributed by atoms with Crippen LogP contribution in [0.15, 0.2) is 60.7 Å². The summed E-state index contributed by atoms with van der Waals surface area (Å²) in [5.41, 5.74) is 2.12. The van der Waals surface area contributed by atoms with Gasteiger partial charge < -0.3 is 4.74 Å². The Hall–Kier alpha value is -2.62. The van der Waals surface area contributed by atoms with Crippen molar-refractivity contribution < 1.29 is 14.3 Å². The number of benzene rings is 2. The summed E-state index contributed by atoms with van der Waals surface area (Å²) >= 11 is 0. The second-order valence-electron chi connectivity index (χ2n) is 7.61. The molecule has 0 bridgehead atoms. The first-order valence-corrected chi connectivity index (χ1v) is 9.81. The van der Waals surface area contributed by atoms with Crippen LogP contribution in [-0.4, -0.2) is 23.5 Å². The van der Waals surface area contributed by atoms with E-state index in [9.17, 15) is 9.59 Å². The molecule has 0 N–H and O–H groups in total. The van der Waals surface area contributed by atoms with E-state index in [0.717, 1.165) is 12.0 Å². The smallest absolute Gasteiger partial charge is 0.417 e. The average Bonchev–Trinajstić information content (AvgIpc) is 3.06. The third-order valence-corrected chi connectivity index (χ3v) is 5.86. The lowest BCUT2D eigenvalue weighted by atomic mass is 9.76. The number of ether oxygens (including phenoxy) is 1. The highest BCUT2D eigenvalue weighted by atomic mass is 16.6. The molecule has 1 heterocycles. The molecule has 2 amide bonds. The van der Waals surface area contributed by atoms with Crippen LogP contribution in [0.4, 0.5) is 4.79 Å². The summed E-state index contributed by atoms with van der Waals surface area (Å²) in [6.07, 6.45) is 4.61. The van der Waals surface area contributed by atoms with Crippen LogP contribution < -0.4 is 0 Å². The summed E-state index contributed by atoms with van der Waals surface area (Å²) < 4.78 is 5.22. The molecule has 4 heteroatoms. The van der Waals surface area contributed by atoms with Crippen LogP contribution in [0.1, 0.15) is 55.2 Å². The summed E-state index contributed by atoms with van der Waals surface area (Å²) in [4.78, 5) is 26.8. The molecule has 140 valence electrons. The molecule has 2 aromatic carbocycles. The number of amides is 2. The Morgan fingerprint density at radius 2 is 1.70 bits per heavy atom. The lowest BCUT2D eigenvalue weighted by molar-refractivity contribution is -0.129. The Morgan fingerprint density at radius 1 is 1.04 bits per heavy atom. The molecule has 4 nitrogen and oxygen atoms in total. The highest BCUT2D eigenvalue weighted by Gasteiger charge is 2.39. The SMILES string of the molecule is O=C(C[C@H](CC1CCC1)c1ccccc1)N1C(=O)OC[C@@H]1c1ccccc1. The highest BCUT2D eigenvalue weighted by molar-refractivity contribution is 5.94. The first-order chi connectivity index (χ1) is 13.2. The minimum absolute atomic E-state index is 0.139. The molecule has 1 aliphatic heterocycles. The van der Waals surface area contributed by atoms with Crippen molar-refractivity contribution in [1.29, 1.82) is 0 Å². The van der Waals surface area contributed by atoms with E-state index in [0.29, 0.717) is 12.3 Å². The van der Waals surface area contributed by atoms with Gasteiger partial charge in [0.2, 0.25) is 5.91 Å². The van der Waals surface area contributed by atoms with E-state index in [-0.39, 0.29) is 24.5 Å². The second-order valence-corrected chi connectivity index (χ2v) is 7.61. The Bertz CT molecular complexity index is 786. The van der Waals surface area contributed by atoms with Crippen molar-refractivity contribution in [2.45, 2.75) is 44.1 Å². The van der Waals surface area contributed by atoms with Gasteiger partial charge in [-0.25, -0.2) is 9.69 Å². The van der Waals surface area contributed by atoms with Crippen molar-refractivity contribution >= 4 is 12.0 Å². The topological polar surface area (TPSA) is 46.6 Å². The molecule has 0 radical (unpaired) electrons. The largest absolute Gasteiger partial charge is 0.446 e. The first kappa shape index (κ1) is 17.8. The number of hydrogen-bond acceptors (Lipinski definition) is 3. The molecule has 2 aliphatic rings. The zero-order chi connectivity index (χ0) is 18.6. The molecule has 0 aromatic heterocycles. The highest BCUT2D eigenvalue weighted by Crippen LogP contribution is 2.38. The average molecular weight is 363 g/mol. The molecule has 1 aliphatic carbocycles. The Balaban J connectivity index is 1.53. The predicted molar refractivity (Wildman–Crippen MR) is 103 cm³/mol. The van der Waals surface area contributed by atoms with E-state index in [1.807, 2.05) is 48.5 Å². The number of rotatable bonds is 6. The van der Waals surface area contributed by atoms with Crippen molar-refractivity contribution in [1.82, 2.24) is 4.90 Å². The van der Waals surface area contributed by atoms with Gasteiger partial charge in [-0.15, -0.1) is 0 Å². The molecule has 1 saturated carbocycles. The van der Waals surface area contributed by atoms with Gasteiger partial charge in [0.05, 0.1) is 0 Å². The van der Waals surface area contributed by atoms with Gasteiger partial charge in [0, 0.05) is 6.42 Å². The fourth-order valence-electron chi connectivity index (χ4n) is 4.12. The van der Waals surface area contributed by atoms with Crippen LogP contribution in [-0.2, 0) is 9.53 Å². The first-order valence-electron chi connectivity index (χ1n) is 9.81. The third kappa shape index (κ3) is 3.90. The molecule has 0 spiro atoms. The summed E-state index contributed by atoms with van der Waals surface area (Å²) in [5, 5.41) is 0. The second kappa shape index (κ2) is 7.95. The van der Waals surface area contributed by atoms with Gasteiger partial charge in [0.25, 0.3) is 0 Å². The zero-order valence-electron chi connectivity index (χ0n) is 15.4. The fraction of sp³-hybridized carbons (Fsp3) is 0.391. The Labute approximate surface area is 160 Å². The summed E-state index contributed by atoms with van der Waals surface area (Å²) in [5.74, 6) is 0.701. The van der Waals surface area contributed by atoms with Crippen LogP contribution >= 0.6 is 0 Å². The van der Waals surface area contributed by atoms with E-state index in [1.165, 1.54) is 29.7 Å². The molecule has 27 heavy (non-hydrogen) atoms. The monoisotopic (exact) mass is 363 g/mol.